The summed E-state index contributed by atoms with van der Waals surface area (Å²) in [5, 5.41) is 0. The SMILES string of the molecule is CS(=O)(=O)CCc1c[nH]c(C=O)c1. The maximum Gasteiger partial charge on any atom is 0.166 e. The summed E-state index contributed by atoms with van der Waals surface area (Å²) in [7, 11) is -2.92. The summed E-state index contributed by atoms with van der Waals surface area (Å²) in [4.78, 5) is 13.0. The number of aromatic amines is 1. The number of nitrogens with one attached hydrogen (secondary N) is 1. The molecule has 0 radical (unpaired) electrons. The van der Waals surface area contributed by atoms with Crippen molar-refractivity contribution in [2.75, 3.05) is 12.0 Å². The molecule has 1 aromatic heterocycles. The summed E-state index contributed by atoms with van der Waals surface area (Å²) in [6.45, 7) is 0. The summed E-state index contributed by atoms with van der Waals surface area (Å²) in [5.74, 6) is 0.114. The highest BCUT2D eigenvalue weighted by molar-refractivity contribution is 7.90. The van der Waals surface area contributed by atoms with Gasteiger partial charge in [0, 0.05) is 12.5 Å². The first-order valence-corrected chi connectivity index (χ1v) is 5.87. The van der Waals surface area contributed by atoms with Crippen molar-refractivity contribution in [1.29, 1.82) is 0 Å². The smallest absolute Gasteiger partial charge is 0.166 e. The fraction of sp³-hybridized carbons (Fsp3) is 0.375. The van der Waals surface area contributed by atoms with Crippen LogP contribution in [-0.4, -0.2) is 31.7 Å². The summed E-state index contributed by atoms with van der Waals surface area (Å²) in [6, 6.07) is 1.65. The minimum atomic E-state index is -2.92. The molecular weight excluding hydrogens is 190 g/mol. The van der Waals surface area contributed by atoms with Gasteiger partial charge in [-0.1, -0.05) is 0 Å². The normalized spacial score (nSPS) is 11.5. The Morgan fingerprint density at radius 2 is 2.23 bits per heavy atom. The van der Waals surface area contributed by atoms with Gasteiger partial charge in [-0.2, -0.15) is 0 Å². The van der Waals surface area contributed by atoms with E-state index in [9.17, 15) is 13.2 Å². The molecular formula is C8H11NO3S. The molecule has 5 heteroatoms. The molecule has 1 heterocycles. The van der Waals surface area contributed by atoms with Gasteiger partial charge in [-0.15, -0.1) is 0 Å². The van der Waals surface area contributed by atoms with E-state index in [0.29, 0.717) is 18.4 Å². The lowest BCUT2D eigenvalue weighted by molar-refractivity contribution is 0.111. The molecule has 0 aromatic carbocycles. The van der Waals surface area contributed by atoms with E-state index in [1.54, 1.807) is 12.3 Å². The first kappa shape index (κ1) is 9.98. The van der Waals surface area contributed by atoms with Gasteiger partial charge >= 0.3 is 0 Å². The van der Waals surface area contributed by atoms with Crippen LogP contribution in [0.3, 0.4) is 0 Å². The second-order valence-corrected chi connectivity index (χ2v) is 5.22. The summed E-state index contributed by atoms with van der Waals surface area (Å²) >= 11 is 0. The maximum absolute atomic E-state index is 10.8. The molecule has 4 nitrogen and oxygen atoms in total. The van der Waals surface area contributed by atoms with Crippen LogP contribution in [0.1, 0.15) is 16.1 Å². The first-order chi connectivity index (χ1) is 6.01. The lowest BCUT2D eigenvalue weighted by atomic mass is 10.2. The second-order valence-electron chi connectivity index (χ2n) is 2.96. The van der Waals surface area contributed by atoms with Crippen LogP contribution < -0.4 is 0 Å². The summed E-state index contributed by atoms with van der Waals surface area (Å²) in [5.41, 5.74) is 1.32. The molecule has 1 N–H and O–H groups in total. The molecule has 0 aliphatic carbocycles. The van der Waals surface area contributed by atoms with Crippen LogP contribution in [-0.2, 0) is 16.3 Å². The van der Waals surface area contributed by atoms with Gasteiger partial charge in [-0.05, 0) is 18.1 Å². The third kappa shape index (κ3) is 3.42. The van der Waals surface area contributed by atoms with Gasteiger partial charge in [0.25, 0.3) is 0 Å². The van der Waals surface area contributed by atoms with E-state index in [1.165, 1.54) is 6.26 Å². The lowest BCUT2D eigenvalue weighted by Crippen LogP contribution is -2.05. The average Bonchev–Trinajstić information content (AvgIpc) is 2.47. The van der Waals surface area contributed by atoms with Crippen molar-refractivity contribution in [3.8, 4) is 0 Å². The third-order valence-electron chi connectivity index (χ3n) is 1.65. The largest absolute Gasteiger partial charge is 0.359 e. The predicted molar refractivity (Wildman–Crippen MR) is 49.6 cm³/mol. The highest BCUT2D eigenvalue weighted by atomic mass is 32.2. The van der Waals surface area contributed by atoms with Crippen molar-refractivity contribution in [2.24, 2.45) is 0 Å². The minimum Gasteiger partial charge on any atom is -0.359 e. The van der Waals surface area contributed by atoms with E-state index in [4.69, 9.17) is 0 Å². The second kappa shape index (κ2) is 3.74. The molecule has 0 aliphatic rings. The lowest BCUT2D eigenvalue weighted by Gasteiger charge is -1.94. The van der Waals surface area contributed by atoms with Crippen LogP contribution in [0.4, 0.5) is 0 Å². The van der Waals surface area contributed by atoms with Crippen LogP contribution >= 0.6 is 0 Å². The van der Waals surface area contributed by atoms with E-state index < -0.39 is 9.84 Å². The molecule has 0 spiro atoms. The molecule has 0 bridgehead atoms. The minimum absolute atomic E-state index is 0.114. The van der Waals surface area contributed by atoms with Gasteiger partial charge in [0.15, 0.2) is 6.29 Å². The zero-order valence-corrected chi connectivity index (χ0v) is 8.10. The van der Waals surface area contributed by atoms with Crippen LogP contribution in [0.5, 0.6) is 0 Å². The van der Waals surface area contributed by atoms with E-state index >= 15 is 0 Å². The fourth-order valence-corrected chi connectivity index (χ4v) is 1.58. The Morgan fingerprint density at radius 3 is 2.69 bits per heavy atom. The molecule has 1 aromatic rings. The Morgan fingerprint density at radius 1 is 1.54 bits per heavy atom. The quantitative estimate of drug-likeness (QED) is 0.718. The monoisotopic (exact) mass is 201 g/mol. The Bertz CT molecular complexity index is 391. The Hall–Kier alpha value is -1.10. The van der Waals surface area contributed by atoms with Crippen molar-refractivity contribution in [3.05, 3.63) is 23.5 Å². The molecule has 72 valence electrons. The number of rotatable bonds is 4. The summed E-state index contributed by atoms with van der Waals surface area (Å²) in [6.07, 6.45) is 3.99. The van der Waals surface area contributed by atoms with Gasteiger partial charge in [0.1, 0.15) is 9.84 Å². The Kier molecular flexibility index (Phi) is 2.87. The van der Waals surface area contributed by atoms with Crippen molar-refractivity contribution in [2.45, 2.75) is 6.42 Å². The zero-order chi connectivity index (χ0) is 9.90. The van der Waals surface area contributed by atoms with Gasteiger partial charge in [0.05, 0.1) is 11.4 Å². The molecule has 0 aliphatic heterocycles. The molecule has 0 saturated carbocycles. The number of aryl methyl sites for hydroxylation is 1. The third-order valence-corrected chi connectivity index (χ3v) is 2.60. The number of carbonyl (C=O) groups excluding carboxylic acids is 1. The Labute approximate surface area is 76.9 Å². The summed E-state index contributed by atoms with van der Waals surface area (Å²) < 4.78 is 21.6. The average molecular weight is 201 g/mol. The van der Waals surface area contributed by atoms with Crippen molar-refractivity contribution in [1.82, 2.24) is 4.98 Å². The molecule has 13 heavy (non-hydrogen) atoms. The molecule has 1 rings (SSSR count). The number of aromatic nitrogens is 1. The number of hydrogen-bond donors (Lipinski definition) is 1. The van der Waals surface area contributed by atoms with Gasteiger partial charge in [-0.3, -0.25) is 4.79 Å². The van der Waals surface area contributed by atoms with Crippen molar-refractivity contribution in [3.63, 3.8) is 0 Å². The Balaban J connectivity index is 2.60. The number of aldehydes is 1. The molecule has 0 atom stereocenters. The molecule has 0 fully saturated rings. The number of carbonyl (C=O) groups is 1. The maximum atomic E-state index is 10.8. The van der Waals surface area contributed by atoms with Crippen LogP contribution in [0.15, 0.2) is 12.3 Å². The van der Waals surface area contributed by atoms with E-state index in [1.807, 2.05) is 0 Å². The van der Waals surface area contributed by atoms with E-state index in [-0.39, 0.29) is 5.75 Å². The first-order valence-electron chi connectivity index (χ1n) is 3.81. The van der Waals surface area contributed by atoms with Gasteiger partial charge in [-0.25, -0.2) is 8.42 Å². The number of hydrogen-bond acceptors (Lipinski definition) is 3. The fourth-order valence-electron chi connectivity index (χ4n) is 0.975. The highest BCUT2D eigenvalue weighted by Gasteiger charge is 2.04. The van der Waals surface area contributed by atoms with Gasteiger partial charge in [0.2, 0.25) is 0 Å². The number of sulfone groups is 1. The van der Waals surface area contributed by atoms with Crippen LogP contribution in [0.25, 0.3) is 0 Å². The topological polar surface area (TPSA) is 67.0 Å². The van der Waals surface area contributed by atoms with Crippen molar-refractivity contribution >= 4 is 16.1 Å². The van der Waals surface area contributed by atoms with E-state index in [0.717, 1.165) is 5.56 Å². The molecule has 0 unspecified atom stereocenters. The molecule has 0 amide bonds. The predicted octanol–water partition coefficient (Wildman–Crippen LogP) is 0.414. The highest BCUT2D eigenvalue weighted by Crippen LogP contribution is 2.03. The standard InChI is InChI=1S/C8H11NO3S/c1-13(11,12)3-2-7-4-8(6-10)9-5-7/h4-6,9H,2-3H2,1H3. The molecule has 0 saturated heterocycles. The van der Waals surface area contributed by atoms with E-state index in [2.05, 4.69) is 4.98 Å². The zero-order valence-electron chi connectivity index (χ0n) is 7.28. The van der Waals surface area contributed by atoms with Crippen LogP contribution in [0, 0.1) is 0 Å². The van der Waals surface area contributed by atoms with Gasteiger partial charge < -0.3 is 4.98 Å². The number of H-pyrrole nitrogens is 1. The van der Waals surface area contributed by atoms with Crippen LogP contribution in [0.2, 0.25) is 0 Å². The van der Waals surface area contributed by atoms with Crippen molar-refractivity contribution < 1.29 is 13.2 Å².